The predicted octanol–water partition coefficient (Wildman–Crippen LogP) is -1.22. The van der Waals surface area contributed by atoms with Crippen LogP contribution < -0.4 is 15.7 Å². The van der Waals surface area contributed by atoms with Crippen molar-refractivity contribution < 1.29 is 14.7 Å². The molecule has 6 heteroatoms. The average Bonchev–Trinajstić information content (AvgIpc) is 2.60. The lowest BCUT2D eigenvalue weighted by Gasteiger charge is -2.18. The van der Waals surface area contributed by atoms with Crippen molar-refractivity contribution >= 4 is 11.8 Å². The van der Waals surface area contributed by atoms with Crippen LogP contribution >= 0.6 is 0 Å². The second-order valence-corrected chi connectivity index (χ2v) is 3.36. The van der Waals surface area contributed by atoms with Gasteiger partial charge in [-0.05, 0) is 18.9 Å². The van der Waals surface area contributed by atoms with Crippen molar-refractivity contribution in [3.05, 3.63) is 36.4 Å². The maximum Gasteiger partial charge on any atom is 0.251 e. The summed E-state index contributed by atoms with van der Waals surface area (Å²) in [6.45, 7) is 5.15. The molecule has 1 aliphatic rings. The molecule has 0 saturated heterocycles. The highest BCUT2D eigenvalue weighted by Gasteiger charge is 2.20. The molecular weight excluding hydrogens is 222 g/mol. The van der Waals surface area contributed by atoms with E-state index < -0.39 is 0 Å². The topological polar surface area (TPSA) is 84.5 Å². The predicted molar refractivity (Wildman–Crippen MR) is 59.9 cm³/mol. The Labute approximate surface area is 99.3 Å². The molecule has 17 heavy (non-hydrogen) atoms. The van der Waals surface area contributed by atoms with Crippen LogP contribution in [0.2, 0.25) is 0 Å². The Hall–Kier alpha value is -2.24. The molecule has 0 saturated carbocycles. The highest BCUT2D eigenvalue weighted by atomic mass is 16.3. The molecule has 0 bridgehead atoms. The van der Waals surface area contributed by atoms with Crippen LogP contribution in [-0.2, 0) is 9.59 Å². The summed E-state index contributed by atoms with van der Waals surface area (Å²) in [5.74, 6) is -0.899. The van der Waals surface area contributed by atoms with Gasteiger partial charge in [0.15, 0.2) is 0 Å². The number of carbonyl (C=O) groups is 2. The highest BCUT2D eigenvalue weighted by Crippen LogP contribution is 2.11. The third-order valence-electron chi connectivity index (χ3n) is 2.14. The monoisotopic (exact) mass is 236 g/mol. The summed E-state index contributed by atoms with van der Waals surface area (Å²) >= 11 is 0. The van der Waals surface area contributed by atoms with Crippen LogP contribution in [0.25, 0.3) is 0 Å². The molecular formula is C11H14N3O3-. The second kappa shape index (κ2) is 5.74. The normalized spacial score (nSPS) is 15.4. The number of allylic oxidation sites excluding steroid dienone is 2. The third-order valence-corrected chi connectivity index (χ3v) is 2.14. The fourth-order valence-electron chi connectivity index (χ4n) is 1.20. The molecule has 1 rings (SSSR count). The van der Waals surface area contributed by atoms with Gasteiger partial charge >= 0.3 is 0 Å². The Balaban J connectivity index is 2.31. The summed E-state index contributed by atoms with van der Waals surface area (Å²) in [6.07, 6.45) is 4.24. The van der Waals surface area contributed by atoms with Gasteiger partial charge in [-0.3, -0.25) is 9.59 Å². The van der Waals surface area contributed by atoms with Crippen LogP contribution in [0.3, 0.4) is 0 Å². The summed E-state index contributed by atoms with van der Waals surface area (Å²) in [7, 11) is 0. The van der Waals surface area contributed by atoms with E-state index in [9.17, 15) is 14.7 Å². The van der Waals surface area contributed by atoms with Crippen LogP contribution in [0.15, 0.2) is 36.4 Å². The largest absolute Gasteiger partial charge is 0.861 e. The average molecular weight is 236 g/mol. The quantitative estimate of drug-likeness (QED) is 0.463. The van der Waals surface area contributed by atoms with Gasteiger partial charge in [0, 0.05) is 11.8 Å². The van der Waals surface area contributed by atoms with Crippen molar-refractivity contribution in [1.29, 1.82) is 0 Å². The molecule has 1 heterocycles. The lowest BCUT2D eigenvalue weighted by Crippen LogP contribution is -2.42. The fourth-order valence-corrected chi connectivity index (χ4v) is 1.20. The summed E-state index contributed by atoms with van der Waals surface area (Å²) in [5.41, 5.74) is 0.482. The van der Waals surface area contributed by atoms with Crippen molar-refractivity contribution in [2.75, 3.05) is 13.2 Å². The maximum atomic E-state index is 11.4. The number of nitrogens with one attached hydrogen (secondary N) is 2. The van der Waals surface area contributed by atoms with E-state index in [1.165, 1.54) is 17.1 Å². The minimum absolute atomic E-state index is 0.0317. The van der Waals surface area contributed by atoms with Gasteiger partial charge in [0.1, 0.15) is 6.54 Å². The molecule has 92 valence electrons. The van der Waals surface area contributed by atoms with E-state index in [1.807, 2.05) is 0 Å². The van der Waals surface area contributed by atoms with Gasteiger partial charge in [-0.1, -0.05) is 12.7 Å². The molecule has 0 unspecified atom stereocenters. The highest BCUT2D eigenvalue weighted by molar-refractivity contribution is 5.96. The molecule has 0 aromatic rings. The van der Waals surface area contributed by atoms with E-state index in [2.05, 4.69) is 17.2 Å². The zero-order chi connectivity index (χ0) is 12.8. The van der Waals surface area contributed by atoms with E-state index in [4.69, 9.17) is 0 Å². The molecule has 0 aromatic carbocycles. The van der Waals surface area contributed by atoms with Gasteiger partial charge < -0.3 is 20.6 Å². The molecule has 0 aromatic heterocycles. The Morgan fingerprint density at radius 3 is 2.76 bits per heavy atom. The smallest absolute Gasteiger partial charge is 0.251 e. The zero-order valence-electron chi connectivity index (χ0n) is 9.53. The van der Waals surface area contributed by atoms with Crippen LogP contribution in [0.1, 0.15) is 6.92 Å². The number of rotatable bonds is 5. The van der Waals surface area contributed by atoms with Crippen molar-refractivity contribution in [2.24, 2.45) is 0 Å². The van der Waals surface area contributed by atoms with Gasteiger partial charge in [-0.2, -0.15) is 0 Å². The number of carbonyl (C=O) groups excluding carboxylic acids is 2. The molecule has 2 N–H and O–H groups in total. The van der Waals surface area contributed by atoms with Crippen LogP contribution in [0.4, 0.5) is 0 Å². The first-order valence-corrected chi connectivity index (χ1v) is 5.07. The zero-order valence-corrected chi connectivity index (χ0v) is 9.53. The third kappa shape index (κ3) is 3.67. The minimum Gasteiger partial charge on any atom is -0.861 e. The van der Waals surface area contributed by atoms with Gasteiger partial charge in [-0.25, -0.2) is 0 Å². The number of hydrogen-bond acceptors (Lipinski definition) is 4. The first-order valence-electron chi connectivity index (χ1n) is 5.07. The van der Waals surface area contributed by atoms with E-state index in [1.54, 1.807) is 13.0 Å². The number of nitrogens with zero attached hydrogens (tertiary/aromatic N) is 1. The number of hydrogen-bond donors (Lipinski definition) is 2. The number of amides is 2. The second-order valence-electron chi connectivity index (χ2n) is 3.36. The fraction of sp³-hybridized carbons (Fsp3) is 0.273. The Morgan fingerprint density at radius 2 is 2.24 bits per heavy atom. The Kier molecular flexibility index (Phi) is 4.33. The van der Waals surface area contributed by atoms with Crippen LogP contribution in [-0.4, -0.2) is 29.9 Å². The molecule has 2 amide bonds. The maximum absolute atomic E-state index is 11.4. The van der Waals surface area contributed by atoms with Crippen molar-refractivity contribution in [2.45, 2.75) is 6.92 Å². The molecule has 0 aliphatic carbocycles. The SMILES string of the molecule is C=C1C=CC(=O)N1CC(=O)NCNC([O-])=CC. The van der Waals surface area contributed by atoms with E-state index in [0.29, 0.717) is 5.70 Å². The van der Waals surface area contributed by atoms with Crippen LogP contribution in [0.5, 0.6) is 0 Å². The van der Waals surface area contributed by atoms with Crippen molar-refractivity contribution in [1.82, 2.24) is 15.5 Å². The van der Waals surface area contributed by atoms with Gasteiger partial charge in [-0.15, -0.1) is 0 Å². The van der Waals surface area contributed by atoms with Gasteiger partial charge in [0.25, 0.3) is 5.91 Å². The van der Waals surface area contributed by atoms with Crippen molar-refractivity contribution in [3.63, 3.8) is 0 Å². The summed E-state index contributed by atoms with van der Waals surface area (Å²) in [6, 6.07) is 0. The van der Waals surface area contributed by atoms with Crippen molar-refractivity contribution in [3.8, 4) is 0 Å². The van der Waals surface area contributed by atoms with Gasteiger partial charge in [0.2, 0.25) is 5.91 Å². The van der Waals surface area contributed by atoms with Crippen LogP contribution in [0, 0.1) is 0 Å². The molecule has 0 spiro atoms. The van der Waals surface area contributed by atoms with Gasteiger partial charge in [0.05, 0.1) is 6.67 Å². The lowest BCUT2D eigenvalue weighted by molar-refractivity contribution is -0.312. The molecule has 6 nitrogen and oxygen atoms in total. The summed E-state index contributed by atoms with van der Waals surface area (Å²) in [5, 5.41) is 15.7. The Morgan fingerprint density at radius 1 is 1.53 bits per heavy atom. The first-order chi connectivity index (χ1) is 8.04. The standard InChI is InChI=1S/C11H15N3O3/c1-3-9(15)12-7-13-10(16)6-14-8(2)4-5-11(14)17/h3-5,12,15H,2,6-7H2,1H3,(H,13,16)/p-1. The summed E-state index contributed by atoms with van der Waals surface area (Å²) in [4.78, 5) is 23.9. The molecule has 0 radical (unpaired) electrons. The minimum atomic E-state index is -0.361. The molecule has 1 aliphatic heterocycles. The van der Waals surface area contributed by atoms with E-state index >= 15 is 0 Å². The lowest BCUT2D eigenvalue weighted by atomic mass is 10.4. The van der Waals surface area contributed by atoms with E-state index in [0.717, 1.165) is 0 Å². The molecule has 0 fully saturated rings. The van der Waals surface area contributed by atoms with E-state index in [-0.39, 0.29) is 30.9 Å². The first kappa shape index (κ1) is 12.8. The Bertz CT molecular complexity index is 381. The summed E-state index contributed by atoms with van der Waals surface area (Å²) < 4.78 is 0. The molecule has 0 atom stereocenters.